The molecule has 1 aromatic heterocycles. The molecule has 0 aromatic carbocycles. The number of aromatic amines is 1. The van der Waals surface area contributed by atoms with Gasteiger partial charge in [0.1, 0.15) is 5.82 Å². The van der Waals surface area contributed by atoms with Gasteiger partial charge in [-0.05, 0) is 26.7 Å². The number of hydrogen-bond acceptors (Lipinski definition) is 3. The number of aromatic nitrogens is 2. The predicted octanol–water partition coefficient (Wildman–Crippen LogP) is 1.40. The molecule has 0 spiro atoms. The second-order valence-corrected chi connectivity index (χ2v) is 6.13. The van der Waals surface area contributed by atoms with Crippen LogP contribution in [0.2, 0.25) is 0 Å². The van der Waals surface area contributed by atoms with Gasteiger partial charge in [-0.1, -0.05) is 0 Å². The zero-order valence-corrected chi connectivity index (χ0v) is 10.9. The van der Waals surface area contributed by atoms with Gasteiger partial charge in [0.05, 0.1) is 6.20 Å². The zero-order valence-electron chi connectivity index (χ0n) is 9.33. The highest BCUT2D eigenvalue weighted by atomic mass is 35.5. The molecule has 1 heterocycles. The minimum absolute atomic E-state index is 0.0684. The molecule has 0 saturated heterocycles. The summed E-state index contributed by atoms with van der Waals surface area (Å²) >= 11 is 5.75. The van der Waals surface area contributed by atoms with Crippen LogP contribution in [0.3, 0.4) is 0 Å². The van der Waals surface area contributed by atoms with E-state index in [1.165, 1.54) is 6.20 Å². The van der Waals surface area contributed by atoms with Gasteiger partial charge in [-0.25, -0.2) is 18.1 Å². The molecule has 0 saturated carbocycles. The summed E-state index contributed by atoms with van der Waals surface area (Å²) in [6.45, 7) is 3.97. The van der Waals surface area contributed by atoms with E-state index >= 15 is 0 Å². The molecule has 1 atom stereocenters. The van der Waals surface area contributed by atoms with E-state index in [0.717, 1.165) is 12.8 Å². The molecule has 16 heavy (non-hydrogen) atoms. The largest absolute Gasteiger partial charge is 0.332 e. The van der Waals surface area contributed by atoms with Crippen LogP contribution in [0.25, 0.3) is 0 Å². The fourth-order valence-electron chi connectivity index (χ4n) is 1.20. The van der Waals surface area contributed by atoms with Crippen molar-refractivity contribution in [3.8, 4) is 0 Å². The highest BCUT2D eigenvalue weighted by molar-refractivity contribution is 7.89. The molecule has 0 aliphatic heterocycles. The molecule has 92 valence electrons. The van der Waals surface area contributed by atoms with Crippen LogP contribution in [-0.4, -0.2) is 30.3 Å². The Bertz CT molecular complexity index is 428. The third kappa shape index (κ3) is 4.11. The number of nitrogens with zero attached hydrogens (tertiary/aromatic N) is 1. The Morgan fingerprint density at radius 1 is 1.62 bits per heavy atom. The summed E-state index contributed by atoms with van der Waals surface area (Å²) in [4.78, 5) is 6.52. The predicted molar refractivity (Wildman–Crippen MR) is 63.1 cm³/mol. The summed E-state index contributed by atoms with van der Waals surface area (Å²) in [5.41, 5.74) is 0. The summed E-state index contributed by atoms with van der Waals surface area (Å²) in [6, 6.07) is 0. The Labute approximate surface area is 101 Å². The van der Waals surface area contributed by atoms with Gasteiger partial charge in [-0.2, -0.15) is 0 Å². The summed E-state index contributed by atoms with van der Waals surface area (Å²) in [6.07, 6.45) is 2.81. The lowest BCUT2D eigenvalue weighted by molar-refractivity contribution is 0.573. The summed E-state index contributed by atoms with van der Waals surface area (Å²) in [7, 11) is -3.45. The molecule has 0 aliphatic rings. The Morgan fingerprint density at radius 2 is 2.31 bits per heavy atom. The lowest BCUT2D eigenvalue weighted by Gasteiger charge is -2.05. The van der Waals surface area contributed by atoms with Crippen molar-refractivity contribution in [2.24, 2.45) is 0 Å². The summed E-state index contributed by atoms with van der Waals surface area (Å²) in [5.74, 6) is 0.578. The van der Waals surface area contributed by atoms with Gasteiger partial charge in [-0.15, -0.1) is 11.6 Å². The molecular weight excluding hydrogens is 250 g/mol. The molecule has 0 radical (unpaired) electrons. The van der Waals surface area contributed by atoms with Gasteiger partial charge < -0.3 is 4.98 Å². The van der Waals surface area contributed by atoms with Crippen LogP contribution in [0.1, 0.15) is 25.6 Å². The number of imidazole rings is 1. The molecule has 0 amide bonds. The summed E-state index contributed by atoms with van der Waals surface area (Å²) in [5, 5.41) is 0.169. The van der Waals surface area contributed by atoms with Crippen LogP contribution in [0, 0.1) is 6.92 Å². The fraction of sp³-hybridized carbons (Fsp3) is 0.667. The molecular formula is C9H16ClN3O2S. The number of halogens is 1. The molecule has 1 aromatic rings. The first-order valence-electron chi connectivity index (χ1n) is 5.07. The monoisotopic (exact) mass is 265 g/mol. The number of hydrogen-bond donors (Lipinski definition) is 2. The van der Waals surface area contributed by atoms with Crippen LogP contribution < -0.4 is 4.72 Å². The second kappa shape index (κ2) is 5.65. The number of H-pyrrole nitrogens is 1. The van der Waals surface area contributed by atoms with Crippen LogP contribution in [0.4, 0.5) is 0 Å². The highest BCUT2D eigenvalue weighted by Gasteiger charge is 2.15. The van der Waals surface area contributed by atoms with Gasteiger partial charge in [-0.3, -0.25) is 0 Å². The smallest absolute Gasteiger partial charge is 0.257 e. The van der Waals surface area contributed by atoms with Crippen molar-refractivity contribution in [2.45, 2.75) is 37.1 Å². The Hall–Kier alpha value is -0.590. The van der Waals surface area contributed by atoms with Crippen molar-refractivity contribution in [2.75, 3.05) is 6.54 Å². The molecule has 5 nitrogen and oxygen atoms in total. The van der Waals surface area contributed by atoms with Gasteiger partial charge >= 0.3 is 0 Å². The van der Waals surface area contributed by atoms with Gasteiger partial charge in [0.15, 0.2) is 5.03 Å². The first kappa shape index (κ1) is 13.5. The molecule has 0 aliphatic carbocycles. The van der Waals surface area contributed by atoms with Gasteiger partial charge in [0, 0.05) is 11.9 Å². The lowest BCUT2D eigenvalue weighted by Crippen LogP contribution is -2.25. The van der Waals surface area contributed by atoms with E-state index in [-0.39, 0.29) is 10.4 Å². The number of nitrogens with one attached hydrogen (secondary N) is 2. The van der Waals surface area contributed by atoms with Crippen LogP contribution in [-0.2, 0) is 10.0 Å². The summed E-state index contributed by atoms with van der Waals surface area (Å²) < 4.78 is 25.8. The van der Waals surface area contributed by atoms with Gasteiger partial charge in [0.25, 0.3) is 10.0 Å². The average Bonchev–Trinajstić information content (AvgIpc) is 2.60. The maximum Gasteiger partial charge on any atom is 0.257 e. The minimum atomic E-state index is -3.45. The standard InChI is InChI=1S/C9H16ClN3O2S/c1-7(10)4-3-5-12-16(14,15)9-6-11-8(2)13-9/h6-7,12H,3-5H2,1-2H3,(H,11,13). The maximum atomic E-state index is 11.7. The number of sulfonamides is 1. The fourth-order valence-corrected chi connectivity index (χ4v) is 2.40. The minimum Gasteiger partial charge on any atom is -0.332 e. The van der Waals surface area contributed by atoms with Gasteiger partial charge in [0.2, 0.25) is 0 Å². The molecule has 1 unspecified atom stereocenters. The van der Waals surface area contributed by atoms with E-state index in [0.29, 0.717) is 12.4 Å². The van der Waals surface area contributed by atoms with E-state index < -0.39 is 10.0 Å². The van der Waals surface area contributed by atoms with E-state index in [2.05, 4.69) is 14.7 Å². The van der Waals surface area contributed by atoms with Crippen molar-refractivity contribution in [3.63, 3.8) is 0 Å². The molecule has 0 fully saturated rings. The van der Waals surface area contributed by atoms with E-state index in [1.807, 2.05) is 6.92 Å². The highest BCUT2D eigenvalue weighted by Crippen LogP contribution is 2.06. The second-order valence-electron chi connectivity index (χ2n) is 3.65. The third-order valence-corrected chi connectivity index (χ3v) is 3.63. The average molecular weight is 266 g/mol. The van der Waals surface area contributed by atoms with E-state index in [4.69, 9.17) is 11.6 Å². The third-order valence-electron chi connectivity index (χ3n) is 2.04. The number of rotatable bonds is 6. The lowest BCUT2D eigenvalue weighted by atomic mass is 10.2. The topological polar surface area (TPSA) is 74.8 Å². The molecule has 2 N–H and O–H groups in total. The SMILES string of the molecule is Cc1ncc(S(=O)(=O)NCCCC(C)Cl)[nH]1. The van der Waals surface area contributed by atoms with Crippen molar-refractivity contribution >= 4 is 21.6 Å². The maximum absolute atomic E-state index is 11.7. The molecule has 0 bridgehead atoms. The Morgan fingerprint density at radius 3 is 2.81 bits per heavy atom. The Balaban J connectivity index is 2.47. The number of aryl methyl sites for hydroxylation is 1. The first-order chi connectivity index (χ1) is 7.42. The molecule has 1 rings (SSSR count). The van der Waals surface area contributed by atoms with E-state index in [1.54, 1.807) is 6.92 Å². The number of alkyl halides is 1. The van der Waals surface area contributed by atoms with Crippen molar-refractivity contribution in [1.29, 1.82) is 0 Å². The van der Waals surface area contributed by atoms with Crippen LogP contribution in [0.15, 0.2) is 11.2 Å². The van der Waals surface area contributed by atoms with Crippen molar-refractivity contribution in [1.82, 2.24) is 14.7 Å². The van der Waals surface area contributed by atoms with Crippen molar-refractivity contribution in [3.05, 3.63) is 12.0 Å². The Kier molecular flexibility index (Phi) is 4.76. The van der Waals surface area contributed by atoms with Crippen molar-refractivity contribution < 1.29 is 8.42 Å². The van der Waals surface area contributed by atoms with Crippen LogP contribution in [0.5, 0.6) is 0 Å². The normalized spacial score (nSPS) is 13.9. The van der Waals surface area contributed by atoms with E-state index in [9.17, 15) is 8.42 Å². The van der Waals surface area contributed by atoms with Crippen LogP contribution >= 0.6 is 11.6 Å². The molecule has 7 heteroatoms. The first-order valence-corrected chi connectivity index (χ1v) is 6.99. The zero-order chi connectivity index (χ0) is 12.2. The quantitative estimate of drug-likeness (QED) is 0.603.